The molecule has 5 N–H and O–H groups in total. The number of allylic oxidation sites excluding steroid dienone is 1. The number of carbonyl (C=O) groups excluding carboxylic acids is 1. The van der Waals surface area contributed by atoms with E-state index < -0.39 is 5.56 Å². The first-order valence-electron chi connectivity index (χ1n) is 11.5. The summed E-state index contributed by atoms with van der Waals surface area (Å²) in [7, 11) is 1.78. The van der Waals surface area contributed by atoms with E-state index in [1.165, 1.54) is 5.56 Å². The van der Waals surface area contributed by atoms with Crippen LogP contribution in [-0.4, -0.2) is 48.1 Å². The number of H-pyrrole nitrogens is 1. The summed E-state index contributed by atoms with van der Waals surface area (Å²) < 4.78 is 0. The molecule has 1 aromatic carbocycles. The molecule has 2 aromatic rings. The molecular weight excluding hydrogens is 430 g/mol. The summed E-state index contributed by atoms with van der Waals surface area (Å²) in [6.07, 6.45) is 3.41. The van der Waals surface area contributed by atoms with Gasteiger partial charge in [0.2, 0.25) is 0 Å². The zero-order valence-electron chi connectivity index (χ0n) is 20.6. The maximum atomic E-state index is 12.8. The number of carbonyl (C=O) groups is 1. The van der Waals surface area contributed by atoms with E-state index in [1.807, 2.05) is 36.1 Å². The van der Waals surface area contributed by atoms with Gasteiger partial charge in [-0.3, -0.25) is 9.59 Å². The van der Waals surface area contributed by atoms with Crippen LogP contribution in [0.25, 0.3) is 0 Å². The lowest BCUT2D eigenvalue weighted by Crippen LogP contribution is -2.48. The highest BCUT2D eigenvalue weighted by Gasteiger charge is 2.24. The molecule has 1 atom stereocenters. The number of hydrogen-bond acceptors (Lipinski definition) is 6. The fourth-order valence-corrected chi connectivity index (χ4v) is 3.79. The highest BCUT2D eigenvalue weighted by Crippen LogP contribution is 2.23. The lowest BCUT2D eigenvalue weighted by atomic mass is 9.86. The van der Waals surface area contributed by atoms with E-state index in [9.17, 15) is 9.59 Å². The van der Waals surface area contributed by atoms with Crippen molar-refractivity contribution in [2.75, 3.05) is 25.0 Å². The highest BCUT2D eigenvalue weighted by atomic mass is 16.1. The number of aromatic amines is 1. The minimum Gasteiger partial charge on any atom is -0.392 e. The Morgan fingerprint density at radius 3 is 2.65 bits per heavy atom. The second-order valence-electron chi connectivity index (χ2n) is 9.64. The van der Waals surface area contributed by atoms with E-state index in [0.717, 1.165) is 25.1 Å². The fraction of sp³-hybridized carbons (Fsp3) is 0.440. The number of piperidine rings is 1. The summed E-state index contributed by atoms with van der Waals surface area (Å²) in [6.45, 7) is 9.65. The third kappa shape index (κ3) is 6.46. The maximum Gasteiger partial charge on any atom is 0.290 e. The molecule has 3 rings (SSSR count). The summed E-state index contributed by atoms with van der Waals surface area (Å²) in [4.78, 5) is 31.3. The Kier molecular flexibility index (Phi) is 7.75. The average molecular weight is 466 g/mol. The van der Waals surface area contributed by atoms with Crippen LogP contribution in [0.5, 0.6) is 0 Å². The number of amidine groups is 1. The summed E-state index contributed by atoms with van der Waals surface area (Å²) in [6, 6.07) is 9.36. The molecule has 1 unspecified atom stereocenters. The molecule has 1 amide bonds. The Balaban J connectivity index is 1.70. The van der Waals surface area contributed by atoms with Crippen molar-refractivity contribution in [2.24, 2.45) is 10.7 Å². The van der Waals surface area contributed by atoms with Crippen molar-refractivity contribution < 1.29 is 4.79 Å². The van der Waals surface area contributed by atoms with Gasteiger partial charge in [-0.1, -0.05) is 32.9 Å². The van der Waals surface area contributed by atoms with Gasteiger partial charge in [0.1, 0.15) is 11.5 Å². The lowest BCUT2D eigenvalue weighted by molar-refractivity contribution is 0.0933. The first kappa shape index (κ1) is 25.0. The van der Waals surface area contributed by atoms with Gasteiger partial charge >= 0.3 is 0 Å². The van der Waals surface area contributed by atoms with Crippen molar-refractivity contribution in [3.05, 3.63) is 63.6 Å². The number of amides is 1. The molecule has 2 heterocycles. The molecule has 9 heteroatoms. The van der Waals surface area contributed by atoms with Gasteiger partial charge in [0.05, 0.1) is 0 Å². The standard InChI is InChI=1S/C25H35N7O2/c1-16(27-5)13-21(26)29-20-14-22(30-31-24(20)34)32-12-6-7-19(15-32)28-23(33)17-8-10-18(11-9-17)25(2,3)4/h8-11,13-14,19,27H,6-7,12,15H2,1-5H3,(H,28,33)(H,31,34)(H2,26,29,30)/b16-13-. The van der Waals surface area contributed by atoms with Gasteiger partial charge in [0.15, 0.2) is 5.82 Å². The molecular formula is C25H35N7O2. The smallest absolute Gasteiger partial charge is 0.290 e. The second-order valence-corrected chi connectivity index (χ2v) is 9.64. The summed E-state index contributed by atoms with van der Waals surface area (Å²) in [5.74, 6) is 0.719. The zero-order chi connectivity index (χ0) is 24.9. The number of nitrogens with two attached hydrogens (primary N) is 1. The van der Waals surface area contributed by atoms with E-state index in [4.69, 9.17) is 5.73 Å². The molecule has 0 saturated carbocycles. The van der Waals surface area contributed by atoms with E-state index in [-0.39, 0.29) is 28.9 Å². The molecule has 1 aliphatic rings. The molecule has 182 valence electrons. The summed E-state index contributed by atoms with van der Waals surface area (Å²) in [5, 5.41) is 12.8. The van der Waals surface area contributed by atoms with E-state index in [2.05, 4.69) is 46.6 Å². The van der Waals surface area contributed by atoms with Gasteiger partial charge in [-0.25, -0.2) is 10.1 Å². The molecule has 0 aliphatic carbocycles. The van der Waals surface area contributed by atoms with Crippen molar-refractivity contribution >= 4 is 23.2 Å². The number of hydrogen-bond donors (Lipinski definition) is 4. The van der Waals surface area contributed by atoms with Crippen LogP contribution in [0.2, 0.25) is 0 Å². The van der Waals surface area contributed by atoms with Crippen LogP contribution >= 0.6 is 0 Å². The largest absolute Gasteiger partial charge is 0.392 e. The molecule has 0 radical (unpaired) electrons. The van der Waals surface area contributed by atoms with E-state index in [1.54, 1.807) is 19.2 Å². The first-order valence-corrected chi connectivity index (χ1v) is 11.5. The SMILES string of the molecule is CN/C(C)=C\C(N)=Nc1cc(N2CCCC(NC(=O)c3ccc(C(C)(C)C)cc3)C2)n[nH]c1=O. The molecule has 0 spiro atoms. The predicted octanol–water partition coefficient (Wildman–Crippen LogP) is 2.58. The van der Waals surface area contributed by atoms with Crippen LogP contribution in [0.15, 0.2) is 51.9 Å². The first-order chi connectivity index (χ1) is 16.1. The highest BCUT2D eigenvalue weighted by molar-refractivity contribution is 5.94. The number of aromatic nitrogens is 2. The Morgan fingerprint density at radius 2 is 2.00 bits per heavy atom. The Bertz CT molecular complexity index is 1130. The summed E-state index contributed by atoms with van der Waals surface area (Å²) in [5.41, 5.74) is 8.42. The van der Waals surface area contributed by atoms with Gasteiger partial charge in [0.25, 0.3) is 11.5 Å². The normalized spacial score (nSPS) is 17.4. The van der Waals surface area contributed by atoms with Crippen LogP contribution in [0, 0.1) is 0 Å². The van der Waals surface area contributed by atoms with Crippen LogP contribution in [0.4, 0.5) is 11.5 Å². The third-order valence-electron chi connectivity index (χ3n) is 5.87. The van der Waals surface area contributed by atoms with Crippen LogP contribution in [-0.2, 0) is 5.41 Å². The molecule has 34 heavy (non-hydrogen) atoms. The topological polar surface area (TPSA) is 128 Å². The van der Waals surface area contributed by atoms with Crippen LogP contribution < -0.4 is 26.8 Å². The number of nitrogens with zero attached hydrogens (tertiary/aromatic N) is 3. The van der Waals surface area contributed by atoms with Gasteiger partial charge in [0, 0.05) is 43.5 Å². The van der Waals surface area contributed by atoms with Crippen molar-refractivity contribution in [3.8, 4) is 0 Å². The average Bonchev–Trinajstić information content (AvgIpc) is 2.80. The quantitative estimate of drug-likeness (QED) is 0.383. The van der Waals surface area contributed by atoms with Crippen molar-refractivity contribution in [1.82, 2.24) is 20.8 Å². The second kappa shape index (κ2) is 10.5. The Morgan fingerprint density at radius 1 is 1.29 bits per heavy atom. The number of aliphatic imine (C=N–C) groups is 1. The van der Waals surface area contributed by atoms with Crippen LogP contribution in [0.3, 0.4) is 0 Å². The Labute approximate surface area is 200 Å². The van der Waals surface area contributed by atoms with Crippen LogP contribution in [0.1, 0.15) is 56.5 Å². The zero-order valence-corrected chi connectivity index (χ0v) is 20.6. The number of rotatable bonds is 6. The van der Waals surface area contributed by atoms with Gasteiger partial charge in [-0.2, -0.15) is 5.10 Å². The minimum atomic E-state index is -0.414. The molecule has 1 saturated heterocycles. The van der Waals surface area contributed by atoms with E-state index >= 15 is 0 Å². The van der Waals surface area contributed by atoms with Crippen molar-refractivity contribution in [1.29, 1.82) is 0 Å². The summed E-state index contributed by atoms with van der Waals surface area (Å²) >= 11 is 0. The molecule has 1 aromatic heterocycles. The van der Waals surface area contributed by atoms with Gasteiger partial charge in [-0.15, -0.1) is 0 Å². The molecule has 0 bridgehead atoms. The maximum absolute atomic E-state index is 12.8. The van der Waals surface area contributed by atoms with E-state index in [0.29, 0.717) is 17.9 Å². The molecule has 1 aliphatic heterocycles. The van der Waals surface area contributed by atoms with Gasteiger partial charge < -0.3 is 21.3 Å². The fourth-order valence-electron chi connectivity index (χ4n) is 3.79. The number of nitrogens with one attached hydrogen (secondary N) is 3. The third-order valence-corrected chi connectivity index (χ3v) is 5.87. The minimum absolute atomic E-state index is 0.0319. The molecule has 9 nitrogen and oxygen atoms in total. The van der Waals surface area contributed by atoms with Crippen molar-refractivity contribution in [3.63, 3.8) is 0 Å². The number of benzene rings is 1. The number of anilines is 1. The van der Waals surface area contributed by atoms with Gasteiger partial charge in [-0.05, 0) is 49.0 Å². The molecule has 1 fully saturated rings. The predicted molar refractivity (Wildman–Crippen MR) is 137 cm³/mol. The Hall–Kier alpha value is -3.62. The monoisotopic (exact) mass is 465 g/mol. The lowest BCUT2D eigenvalue weighted by Gasteiger charge is -2.33. The van der Waals surface area contributed by atoms with Crippen molar-refractivity contribution in [2.45, 2.75) is 52.0 Å².